The maximum Gasteiger partial charge on any atom is 0.00191 e. The Bertz CT molecular complexity index is 119. The van der Waals surface area contributed by atoms with Crippen LogP contribution in [0.5, 0.6) is 0 Å². The summed E-state index contributed by atoms with van der Waals surface area (Å²) in [7, 11) is 0. The first kappa shape index (κ1) is 11.0. The molecule has 0 saturated carbocycles. The van der Waals surface area contributed by atoms with Crippen LogP contribution in [-0.2, 0) is 0 Å². The molecule has 1 N–H and O–H groups in total. The van der Waals surface area contributed by atoms with E-state index in [9.17, 15) is 0 Å². The molecule has 0 spiro atoms. The van der Waals surface area contributed by atoms with E-state index in [0.717, 1.165) is 5.92 Å². The zero-order valence-electron chi connectivity index (χ0n) is 9.18. The summed E-state index contributed by atoms with van der Waals surface area (Å²) in [6.07, 6.45) is 4.07. The summed E-state index contributed by atoms with van der Waals surface area (Å²) in [5.41, 5.74) is 0. The predicted molar refractivity (Wildman–Crippen MR) is 58.0 cm³/mol. The predicted octanol–water partition coefficient (Wildman–Crippen LogP) is 1.72. The van der Waals surface area contributed by atoms with Crippen LogP contribution in [0.2, 0.25) is 0 Å². The van der Waals surface area contributed by atoms with E-state index >= 15 is 0 Å². The molecule has 1 unspecified atom stereocenters. The first-order valence-corrected chi connectivity index (χ1v) is 5.76. The number of nitrogens with one attached hydrogen (secondary N) is 1. The normalized spacial score (nSPS) is 20.8. The van der Waals surface area contributed by atoms with Gasteiger partial charge in [-0.05, 0) is 51.4 Å². The first-order valence-electron chi connectivity index (χ1n) is 5.76. The van der Waals surface area contributed by atoms with Crippen LogP contribution in [0.1, 0.15) is 33.1 Å². The smallest absolute Gasteiger partial charge is 0.00191 e. The number of rotatable bonds is 6. The maximum absolute atomic E-state index is 3.48. The van der Waals surface area contributed by atoms with E-state index in [2.05, 4.69) is 24.1 Å². The number of likely N-dealkylation sites (tertiary alicyclic amines) is 1. The van der Waals surface area contributed by atoms with Crippen LogP contribution in [0, 0.1) is 5.92 Å². The van der Waals surface area contributed by atoms with Crippen LogP contribution in [0.25, 0.3) is 0 Å². The van der Waals surface area contributed by atoms with Gasteiger partial charge in [0.1, 0.15) is 0 Å². The molecule has 0 aromatic heterocycles. The molecule has 0 bridgehead atoms. The largest absolute Gasteiger partial charge is 0.316 e. The van der Waals surface area contributed by atoms with Crippen LogP contribution in [0.4, 0.5) is 0 Å². The Morgan fingerprint density at radius 1 is 1.31 bits per heavy atom. The quantitative estimate of drug-likeness (QED) is 0.632. The van der Waals surface area contributed by atoms with Crippen molar-refractivity contribution in [1.82, 2.24) is 10.2 Å². The lowest BCUT2D eigenvalue weighted by Gasteiger charge is -2.20. The highest BCUT2D eigenvalue weighted by atomic mass is 15.1. The lowest BCUT2D eigenvalue weighted by molar-refractivity contribution is 0.283. The molecule has 0 aromatic carbocycles. The molecule has 0 aromatic rings. The van der Waals surface area contributed by atoms with Crippen LogP contribution < -0.4 is 5.32 Å². The molecule has 1 aliphatic rings. The van der Waals surface area contributed by atoms with Crippen molar-refractivity contribution in [2.24, 2.45) is 5.92 Å². The van der Waals surface area contributed by atoms with Crippen LogP contribution in [0.15, 0.2) is 0 Å². The Morgan fingerprint density at radius 2 is 2.00 bits per heavy atom. The van der Waals surface area contributed by atoms with Gasteiger partial charge in [0.25, 0.3) is 0 Å². The van der Waals surface area contributed by atoms with Crippen molar-refractivity contribution in [3.05, 3.63) is 0 Å². The highest BCUT2D eigenvalue weighted by Crippen LogP contribution is 2.09. The van der Waals surface area contributed by atoms with E-state index in [1.54, 1.807) is 0 Å². The summed E-state index contributed by atoms with van der Waals surface area (Å²) in [4.78, 5) is 2.60. The molecule has 1 fully saturated rings. The van der Waals surface area contributed by atoms with E-state index in [1.165, 1.54) is 52.0 Å². The van der Waals surface area contributed by atoms with Gasteiger partial charge in [-0.3, -0.25) is 0 Å². The molecule has 2 nitrogen and oxygen atoms in total. The fourth-order valence-electron chi connectivity index (χ4n) is 2.00. The van der Waals surface area contributed by atoms with Crippen LogP contribution in [0.3, 0.4) is 0 Å². The van der Waals surface area contributed by atoms with Gasteiger partial charge in [0.05, 0.1) is 0 Å². The average molecular weight is 184 g/mol. The highest BCUT2D eigenvalue weighted by molar-refractivity contribution is 4.69. The minimum atomic E-state index is 0.810. The van der Waals surface area contributed by atoms with Crippen molar-refractivity contribution in [2.45, 2.75) is 33.1 Å². The van der Waals surface area contributed by atoms with Gasteiger partial charge < -0.3 is 10.2 Å². The van der Waals surface area contributed by atoms with Gasteiger partial charge in [-0.25, -0.2) is 0 Å². The molecule has 78 valence electrons. The minimum absolute atomic E-state index is 0.810. The Morgan fingerprint density at radius 3 is 2.62 bits per heavy atom. The number of nitrogens with zero attached hydrogens (tertiary/aromatic N) is 1. The van der Waals surface area contributed by atoms with Gasteiger partial charge in [-0.15, -0.1) is 0 Å². The van der Waals surface area contributed by atoms with Crippen molar-refractivity contribution >= 4 is 0 Å². The Hall–Kier alpha value is -0.0800. The molecule has 1 heterocycles. The third kappa shape index (κ3) is 4.63. The van der Waals surface area contributed by atoms with Crippen LogP contribution in [-0.4, -0.2) is 37.6 Å². The van der Waals surface area contributed by atoms with E-state index in [0.29, 0.717) is 0 Å². The number of hydrogen-bond acceptors (Lipinski definition) is 2. The lowest BCUT2D eigenvalue weighted by atomic mass is 10.1. The second kappa shape index (κ2) is 6.39. The Labute approximate surface area is 82.7 Å². The molecule has 2 heteroatoms. The standard InChI is InChI=1S/C11H24N2/c1-3-6-12-9-11(2)10-13-7-4-5-8-13/h11-12H,3-10H2,1-2H3. The zero-order chi connectivity index (χ0) is 9.52. The van der Waals surface area contributed by atoms with Gasteiger partial charge >= 0.3 is 0 Å². The minimum Gasteiger partial charge on any atom is -0.316 e. The molecule has 1 rings (SSSR count). The third-order valence-corrected chi connectivity index (χ3v) is 2.69. The van der Waals surface area contributed by atoms with E-state index in [4.69, 9.17) is 0 Å². The second-order valence-corrected chi connectivity index (χ2v) is 4.32. The molecule has 13 heavy (non-hydrogen) atoms. The van der Waals surface area contributed by atoms with Gasteiger partial charge in [0, 0.05) is 6.54 Å². The lowest BCUT2D eigenvalue weighted by Crippen LogP contribution is -2.31. The van der Waals surface area contributed by atoms with Crippen molar-refractivity contribution in [1.29, 1.82) is 0 Å². The average Bonchev–Trinajstić information content (AvgIpc) is 2.57. The van der Waals surface area contributed by atoms with Crippen molar-refractivity contribution < 1.29 is 0 Å². The van der Waals surface area contributed by atoms with E-state index in [1.807, 2.05) is 0 Å². The highest BCUT2D eigenvalue weighted by Gasteiger charge is 2.13. The molecular formula is C11H24N2. The maximum atomic E-state index is 3.48. The van der Waals surface area contributed by atoms with Crippen molar-refractivity contribution in [3.8, 4) is 0 Å². The van der Waals surface area contributed by atoms with Crippen molar-refractivity contribution in [2.75, 3.05) is 32.7 Å². The Kier molecular flexibility index (Phi) is 5.40. The zero-order valence-corrected chi connectivity index (χ0v) is 9.18. The second-order valence-electron chi connectivity index (χ2n) is 4.32. The summed E-state index contributed by atoms with van der Waals surface area (Å²) >= 11 is 0. The first-order chi connectivity index (χ1) is 6.33. The molecule has 0 radical (unpaired) electrons. The molecule has 0 amide bonds. The van der Waals surface area contributed by atoms with Crippen LogP contribution >= 0.6 is 0 Å². The summed E-state index contributed by atoms with van der Waals surface area (Å²) in [5.74, 6) is 0.810. The fraction of sp³-hybridized carbons (Fsp3) is 1.00. The van der Waals surface area contributed by atoms with Gasteiger partial charge in [0.15, 0.2) is 0 Å². The van der Waals surface area contributed by atoms with E-state index < -0.39 is 0 Å². The summed E-state index contributed by atoms with van der Waals surface area (Å²) < 4.78 is 0. The van der Waals surface area contributed by atoms with E-state index in [-0.39, 0.29) is 0 Å². The summed E-state index contributed by atoms with van der Waals surface area (Å²) in [5, 5.41) is 3.48. The fourth-order valence-corrected chi connectivity index (χ4v) is 2.00. The summed E-state index contributed by atoms with van der Waals surface area (Å²) in [6.45, 7) is 10.9. The molecular weight excluding hydrogens is 160 g/mol. The molecule has 1 saturated heterocycles. The molecule has 0 aliphatic carbocycles. The van der Waals surface area contributed by atoms with Gasteiger partial charge in [0.2, 0.25) is 0 Å². The monoisotopic (exact) mass is 184 g/mol. The number of hydrogen-bond donors (Lipinski definition) is 1. The molecule has 1 atom stereocenters. The SMILES string of the molecule is CCCNCC(C)CN1CCCC1. The molecule has 1 aliphatic heterocycles. The van der Waals surface area contributed by atoms with Gasteiger partial charge in [-0.2, -0.15) is 0 Å². The van der Waals surface area contributed by atoms with Crippen molar-refractivity contribution in [3.63, 3.8) is 0 Å². The topological polar surface area (TPSA) is 15.3 Å². The Balaban J connectivity index is 1.99. The summed E-state index contributed by atoms with van der Waals surface area (Å²) in [6, 6.07) is 0. The van der Waals surface area contributed by atoms with Gasteiger partial charge in [-0.1, -0.05) is 13.8 Å². The third-order valence-electron chi connectivity index (χ3n) is 2.69.